The Morgan fingerprint density at radius 1 is 1.22 bits per heavy atom. The van der Waals surface area contributed by atoms with E-state index in [0.29, 0.717) is 18.2 Å². The summed E-state index contributed by atoms with van der Waals surface area (Å²) in [7, 11) is 0. The minimum absolute atomic E-state index is 0.0397. The zero-order valence-corrected chi connectivity index (χ0v) is 16.7. The molecular weight excluding hydrogens is 345 g/mol. The lowest BCUT2D eigenvalue weighted by Gasteiger charge is -2.30. The standard InChI is InChI=1S/C21H32FN3O2/c1-15(2)19(24-20(26)17-8-10-18(22)11-9-17)21(27)23-12-6-14-25-13-5-4-7-16(25)3/h8-11,15-16,19H,4-7,12-14H2,1-3H3,(H,23,27)(H,24,26)/p+1/t16-,19-/m0/s1. The van der Waals surface area contributed by atoms with Gasteiger partial charge in [0.05, 0.1) is 19.1 Å². The molecule has 1 aliphatic rings. The number of hydrogen-bond acceptors (Lipinski definition) is 2. The van der Waals surface area contributed by atoms with Gasteiger partial charge in [-0.05, 0) is 56.4 Å². The van der Waals surface area contributed by atoms with E-state index in [4.69, 9.17) is 0 Å². The van der Waals surface area contributed by atoms with Gasteiger partial charge in [-0.2, -0.15) is 0 Å². The van der Waals surface area contributed by atoms with Crippen LogP contribution in [-0.4, -0.2) is 43.5 Å². The number of halogens is 1. The molecule has 6 heteroatoms. The Balaban J connectivity index is 1.80. The van der Waals surface area contributed by atoms with Crippen molar-refractivity contribution in [2.45, 2.75) is 58.5 Å². The van der Waals surface area contributed by atoms with Crippen molar-refractivity contribution in [2.75, 3.05) is 19.6 Å². The van der Waals surface area contributed by atoms with Gasteiger partial charge in [0.1, 0.15) is 11.9 Å². The van der Waals surface area contributed by atoms with Gasteiger partial charge in [0.2, 0.25) is 5.91 Å². The van der Waals surface area contributed by atoms with Crippen LogP contribution in [0.4, 0.5) is 4.39 Å². The van der Waals surface area contributed by atoms with Gasteiger partial charge < -0.3 is 15.5 Å². The van der Waals surface area contributed by atoms with Gasteiger partial charge in [0.15, 0.2) is 0 Å². The lowest BCUT2D eigenvalue weighted by molar-refractivity contribution is -0.928. The second-order valence-corrected chi connectivity index (χ2v) is 7.90. The predicted molar refractivity (Wildman–Crippen MR) is 104 cm³/mol. The number of likely N-dealkylation sites (tertiary alicyclic amines) is 1. The van der Waals surface area contributed by atoms with Crippen molar-refractivity contribution in [2.24, 2.45) is 5.92 Å². The van der Waals surface area contributed by atoms with Crippen molar-refractivity contribution < 1.29 is 18.9 Å². The highest BCUT2D eigenvalue weighted by molar-refractivity contribution is 5.97. The van der Waals surface area contributed by atoms with Crippen LogP contribution in [-0.2, 0) is 4.79 Å². The fraction of sp³-hybridized carbons (Fsp3) is 0.619. The highest BCUT2D eigenvalue weighted by Gasteiger charge is 2.25. The zero-order chi connectivity index (χ0) is 19.8. The second kappa shape index (κ2) is 10.4. The number of carbonyl (C=O) groups excluding carboxylic acids is 2. The van der Waals surface area contributed by atoms with Crippen molar-refractivity contribution in [3.05, 3.63) is 35.6 Å². The Hall–Kier alpha value is -1.95. The van der Waals surface area contributed by atoms with Gasteiger partial charge in [-0.25, -0.2) is 4.39 Å². The highest BCUT2D eigenvalue weighted by Crippen LogP contribution is 2.07. The third-order valence-corrected chi connectivity index (χ3v) is 5.40. The van der Waals surface area contributed by atoms with Crippen LogP contribution in [0, 0.1) is 11.7 Å². The summed E-state index contributed by atoms with van der Waals surface area (Å²) in [5, 5.41) is 5.73. The number of piperidine rings is 1. The number of amides is 2. The van der Waals surface area contributed by atoms with E-state index in [9.17, 15) is 14.0 Å². The SMILES string of the molecule is CC(C)[C@H](NC(=O)c1ccc(F)cc1)C(=O)NCCC[NH+]1CCCC[C@@H]1C. The summed E-state index contributed by atoms with van der Waals surface area (Å²) in [6.07, 6.45) is 4.83. The van der Waals surface area contributed by atoms with E-state index >= 15 is 0 Å². The van der Waals surface area contributed by atoms with Gasteiger partial charge in [-0.3, -0.25) is 9.59 Å². The average Bonchev–Trinajstić information content (AvgIpc) is 2.64. The molecule has 1 fully saturated rings. The lowest BCUT2D eigenvalue weighted by Crippen LogP contribution is -3.16. The van der Waals surface area contributed by atoms with Crippen LogP contribution in [0.25, 0.3) is 0 Å². The van der Waals surface area contributed by atoms with Crippen LogP contribution in [0.2, 0.25) is 0 Å². The molecule has 2 rings (SSSR count). The Morgan fingerprint density at radius 2 is 1.93 bits per heavy atom. The minimum Gasteiger partial charge on any atom is -0.354 e. The molecule has 1 saturated heterocycles. The van der Waals surface area contributed by atoms with E-state index in [-0.39, 0.29) is 17.7 Å². The summed E-state index contributed by atoms with van der Waals surface area (Å²) >= 11 is 0. The monoisotopic (exact) mass is 378 g/mol. The molecule has 1 aliphatic heterocycles. The molecule has 3 atom stereocenters. The summed E-state index contributed by atoms with van der Waals surface area (Å²) in [6.45, 7) is 8.99. The average molecular weight is 379 g/mol. The molecule has 2 amide bonds. The normalized spacial score (nSPS) is 20.9. The van der Waals surface area contributed by atoms with Crippen LogP contribution in [0.1, 0.15) is 56.8 Å². The Kier molecular flexibility index (Phi) is 8.23. The summed E-state index contributed by atoms with van der Waals surface area (Å²) in [5.41, 5.74) is 0.345. The molecule has 0 spiro atoms. The molecule has 27 heavy (non-hydrogen) atoms. The van der Waals surface area contributed by atoms with E-state index < -0.39 is 11.9 Å². The number of quaternary nitrogens is 1. The highest BCUT2D eigenvalue weighted by atomic mass is 19.1. The molecule has 0 aliphatic carbocycles. The van der Waals surface area contributed by atoms with Crippen LogP contribution < -0.4 is 15.5 Å². The van der Waals surface area contributed by atoms with E-state index in [1.807, 2.05) is 13.8 Å². The quantitative estimate of drug-likeness (QED) is 0.601. The van der Waals surface area contributed by atoms with Crippen LogP contribution in [0.3, 0.4) is 0 Å². The molecule has 5 nitrogen and oxygen atoms in total. The predicted octanol–water partition coefficient (Wildman–Crippen LogP) is 1.54. The maximum Gasteiger partial charge on any atom is 0.251 e. The van der Waals surface area contributed by atoms with Gasteiger partial charge in [-0.15, -0.1) is 0 Å². The van der Waals surface area contributed by atoms with Crippen LogP contribution >= 0.6 is 0 Å². The Morgan fingerprint density at radius 3 is 2.56 bits per heavy atom. The van der Waals surface area contributed by atoms with Crippen LogP contribution in [0.5, 0.6) is 0 Å². The smallest absolute Gasteiger partial charge is 0.251 e. The maximum atomic E-state index is 13.0. The first-order valence-electron chi connectivity index (χ1n) is 10.1. The molecular formula is C21H33FN3O2+. The lowest BCUT2D eigenvalue weighted by atomic mass is 10.0. The Bertz CT molecular complexity index is 618. The topological polar surface area (TPSA) is 62.6 Å². The molecule has 0 bridgehead atoms. The second-order valence-electron chi connectivity index (χ2n) is 7.90. The first-order valence-corrected chi connectivity index (χ1v) is 10.1. The number of nitrogens with one attached hydrogen (secondary N) is 3. The number of rotatable bonds is 8. The van der Waals surface area contributed by atoms with E-state index in [1.54, 1.807) is 4.90 Å². The first kappa shape index (κ1) is 21.4. The molecule has 150 valence electrons. The van der Waals surface area contributed by atoms with E-state index in [0.717, 1.165) is 13.0 Å². The van der Waals surface area contributed by atoms with Gasteiger partial charge in [0, 0.05) is 18.5 Å². The Labute approximate surface area is 161 Å². The third kappa shape index (κ3) is 6.61. The summed E-state index contributed by atoms with van der Waals surface area (Å²) in [5.74, 6) is -0.963. The fourth-order valence-electron chi connectivity index (χ4n) is 3.62. The van der Waals surface area contributed by atoms with Gasteiger partial charge >= 0.3 is 0 Å². The molecule has 0 radical (unpaired) electrons. The summed E-state index contributed by atoms with van der Waals surface area (Å²) in [6, 6.07) is 5.41. The largest absolute Gasteiger partial charge is 0.354 e. The molecule has 1 aromatic rings. The number of hydrogen-bond donors (Lipinski definition) is 3. The maximum absolute atomic E-state index is 13.0. The molecule has 3 N–H and O–H groups in total. The van der Waals surface area contributed by atoms with Crippen molar-refractivity contribution in [1.29, 1.82) is 0 Å². The van der Waals surface area contributed by atoms with Gasteiger partial charge in [-0.1, -0.05) is 13.8 Å². The first-order chi connectivity index (χ1) is 12.9. The van der Waals surface area contributed by atoms with Crippen LogP contribution in [0.15, 0.2) is 24.3 Å². The van der Waals surface area contributed by atoms with Gasteiger partial charge in [0.25, 0.3) is 5.91 Å². The number of benzene rings is 1. The number of carbonyl (C=O) groups is 2. The molecule has 1 aromatic carbocycles. The van der Waals surface area contributed by atoms with Crippen molar-refractivity contribution in [3.63, 3.8) is 0 Å². The zero-order valence-electron chi connectivity index (χ0n) is 16.7. The molecule has 0 saturated carbocycles. The third-order valence-electron chi connectivity index (χ3n) is 5.40. The van der Waals surface area contributed by atoms with E-state index in [1.165, 1.54) is 50.1 Å². The fourth-order valence-corrected chi connectivity index (χ4v) is 3.62. The van der Waals surface area contributed by atoms with Crippen molar-refractivity contribution >= 4 is 11.8 Å². The minimum atomic E-state index is -0.608. The summed E-state index contributed by atoms with van der Waals surface area (Å²) < 4.78 is 13.0. The van der Waals surface area contributed by atoms with Crippen molar-refractivity contribution in [1.82, 2.24) is 10.6 Å². The van der Waals surface area contributed by atoms with E-state index in [2.05, 4.69) is 17.6 Å². The van der Waals surface area contributed by atoms with Crippen molar-refractivity contribution in [3.8, 4) is 0 Å². The molecule has 1 unspecified atom stereocenters. The molecule has 0 aromatic heterocycles. The summed E-state index contributed by atoms with van der Waals surface area (Å²) in [4.78, 5) is 26.5. The molecule has 1 heterocycles.